The zero-order chi connectivity index (χ0) is 17.1. The number of carboxylic acids is 1. The van der Waals surface area contributed by atoms with Crippen LogP contribution in [-0.2, 0) is 9.53 Å². The molecule has 24 heavy (non-hydrogen) atoms. The van der Waals surface area contributed by atoms with Crippen molar-refractivity contribution in [3.05, 3.63) is 35.4 Å². The molecule has 0 saturated carbocycles. The van der Waals surface area contributed by atoms with Crippen LogP contribution in [0.2, 0.25) is 0 Å². The number of hydrogen-bond donors (Lipinski definition) is 1. The molecule has 1 amide bonds. The second-order valence-electron chi connectivity index (χ2n) is 6.00. The molecule has 2 unspecified atom stereocenters. The highest BCUT2D eigenvalue weighted by atomic mass is 32.2. The number of rotatable bonds is 5. The predicted octanol–water partition coefficient (Wildman–Crippen LogP) is 2.87. The minimum absolute atomic E-state index is 0.0426. The lowest BCUT2D eigenvalue weighted by molar-refractivity contribution is -0.137. The van der Waals surface area contributed by atoms with Crippen molar-refractivity contribution in [2.24, 2.45) is 0 Å². The lowest BCUT2D eigenvalue weighted by Crippen LogP contribution is -2.37. The molecule has 0 aliphatic carbocycles. The van der Waals surface area contributed by atoms with Crippen LogP contribution in [0.4, 0.5) is 0 Å². The summed E-state index contributed by atoms with van der Waals surface area (Å²) in [4.78, 5) is 25.5. The Balaban J connectivity index is 1.72. The van der Waals surface area contributed by atoms with Crippen LogP contribution in [0.15, 0.2) is 24.3 Å². The number of benzene rings is 1. The summed E-state index contributed by atoms with van der Waals surface area (Å²) in [6, 6.07) is 7.43. The van der Waals surface area contributed by atoms with Crippen LogP contribution in [0.1, 0.15) is 33.3 Å². The summed E-state index contributed by atoms with van der Waals surface area (Å²) in [7, 11) is 1.60. The number of amides is 1. The number of carbonyl (C=O) groups excluding carboxylic acids is 1. The molecule has 5 nitrogen and oxygen atoms in total. The quantitative estimate of drug-likeness (QED) is 0.863. The Bertz CT molecular complexity index is 601. The van der Waals surface area contributed by atoms with Gasteiger partial charge in [-0.1, -0.05) is 12.1 Å². The highest BCUT2D eigenvalue weighted by molar-refractivity contribution is 8.19. The zero-order valence-electron chi connectivity index (χ0n) is 13.5. The summed E-state index contributed by atoms with van der Waals surface area (Å²) in [5.74, 6) is 1.33. The van der Waals surface area contributed by atoms with Gasteiger partial charge in [-0.15, -0.1) is 23.5 Å². The maximum atomic E-state index is 12.8. The molecule has 7 heteroatoms. The molecule has 1 aromatic rings. The van der Waals surface area contributed by atoms with E-state index in [0.717, 1.165) is 0 Å². The zero-order valence-corrected chi connectivity index (χ0v) is 15.1. The normalized spacial score (nSPS) is 24.5. The summed E-state index contributed by atoms with van der Waals surface area (Å²) in [5.41, 5.74) is 1.84. The van der Waals surface area contributed by atoms with E-state index >= 15 is 0 Å². The Morgan fingerprint density at radius 2 is 1.92 bits per heavy atom. The molecule has 2 saturated heterocycles. The first-order valence-corrected chi connectivity index (χ1v) is 10.1. The van der Waals surface area contributed by atoms with Gasteiger partial charge in [0.15, 0.2) is 0 Å². The van der Waals surface area contributed by atoms with Gasteiger partial charge in [-0.3, -0.25) is 9.59 Å². The molecule has 2 heterocycles. The third kappa shape index (κ3) is 3.90. The van der Waals surface area contributed by atoms with Crippen LogP contribution in [0.25, 0.3) is 0 Å². The van der Waals surface area contributed by atoms with Crippen LogP contribution < -0.4 is 0 Å². The third-order valence-electron chi connectivity index (χ3n) is 4.43. The summed E-state index contributed by atoms with van der Waals surface area (Å²) < 4.78 is 5.79. The van der Waals surface area contributed by atoms with E-state index in [1.807, 2.05) is 47.8 Å². The minimum atomic E-state index is -0.889. The molecule has 2 atom stereocenters. The molecular weight excluding hydrogens is 346 g/mol. The molecule has 3 rings (SSSR count). The second kappa shape index (κ2) is 7.80. The van der Waals surface area contributed by atoms with Crippen molar-refractivity contribution >= 4 is 35.4 Å². The molecule has 0 radical (unpaired) electrons. The van der Waals surface area contributed by atoms with Crippen LogP contribution in [0.3, 0.4) is 0 Å². The van der Waals surface area contributed by atoms with Crippen molar-refractivity contribution in [2.45, 2.75) is 29.6 Å². The molecule has 0 spiro atoms. The number of thioether (sulfide) groups is 2. The molecular formula is C17H21NO4S2. The molecule has 2 aliphatic heterocycles. The second-order valence-corrected chi connectivity index (χ2v) is 8.72. The highest BCUT2D eigenvalue weighted by Crippen LogP contribution is 2.45. The third-order valence-corrected chi connectivity index (χ3v) is 7.54. The van der Waals surface area contributed by atoms with E-state index in [0.29, 0.717) is 23.1 Å². The van der Waals surface area contributed by atoms with Crippen molar-refractivity contribution in [1.82, 2.24) is 4.90 Å². The van der Waals surface area contributed by atoms with Gasteiger partial charge in [0.05, 0.1) is 17.1 Å². The summed E-state index contributed by atoms with van der Waals surface area (Å²) >= 11 is 3.86. The largest absolute Gasteiger partial charge is 0.481 e. The number of nitrogens with zero attached hydrogens (tertiary/aromatic N) is 1. The fourth-order valence-electron chi connectivity index (χ4n) is 3.19. The van der Waals surface area contributed by atoms with Crippen LogP contribution >= 0.6 is 23.5 Å². The lowest BCUT2D eigenvalue weighted by atomic mass is 10.1. The number of hydrogen-bond acceptors (Lipinski definition) is 5. The Kier molecular flexibility index (Phi) is 5.73. The minimum Gasteiger partial charge on any atom is -0.481 e. The first kappa shape index (κ1) is 17.6. The van der Waals surface area contributed by atoms with E-state index in [-0.39, 0.29) is 24.5 Å². The first-order chi connectivity index (χ1) is 11.6. The van der Waals surface area contributed by atoms with Gasteiger partial charge in [-0.25, -0.2) is 0 Å². The number of aliphatic carboxylic acids is 1. The van der Waals surface area contributed by atoms with E-state index < -0.39 is 5.97 Å². The maximum Gasteiger partial charge on any atom is 0.305 e. The average molecular weight is 367 g/mol. The Labute approximate surface area is 150 Å². The van der Waals surface area contributed by atoms with Gasteiger partial charge in [0.25, 0.3) is 5.91 Å². The van der Waals surface area contributed by atoms with Crippen molar-refractivity contribution < 1.29 is 19.4 Å². The Morgan fingerprint density at radius 1 is 1.25 bits per heavy atom. The van der Waals surface area contributed by atoms with E-state index in [2.05, 4.69) is 0 Å². The van der Waals surface area contributed by atoms with Crippen molar-refractivity contribution in [3.8, 4) is 0 Å². The van der Waals surface area contributed by atoms with E-state index in [9.17, 15) is 9.59 Å². The van der Waals surface area contributed by atoms with Gasteiger partial charge in [0, 0.05) is 36.8 Å². The lowest BCUT2D eigenvalue weighted by Gasteiger charge is -2.23. The SMILES string of the molecule is COC1CC(CC(=O)O)N(C(=O)c2ccc(C3SCCS3)cc2)C1. The first-order valence-electron chi connectivity index (χ1n) is 7.97. The summed E-state index contributed by atoms with van der Waals surface area (Å²) in [6.07, 6.45) is 0.435. The smallest absolute Gasteiger partial charge is 0.305 e. The molecule has 1 aromatic carbocycles. The maximum absolute atomic E-state index is 12.8. The molecule has 130 valence electrons. The van der Waals surface area contributed by atoms with Gasteiger partial charge < -0.3 is 14.7 Å². The van der Waals surface area contributed by atoms with E-state index in [1.165, 1.54) is 17.1 Å². The number of ether oxygens (including phenoxy) is 1. The van der Waals surface area contributed by atoms with E-state index in [1.54, 1.807) is 12.0 Å². The number of carboxylic acid groups (broad SMARTS) is 1. The highest BCUT2D eigenvalue weighted by Gasteiger charge is 2.36. The Hall–Kier alpha value is -1.18. The van der Waals surface area contributed by atoms with Crippen LogP contribution in [0, 0.1) is 0 Å². The predicted molar refractivity (Wildman–Crippen MR) is 96.6 cm³/mol. The number of carbonyl (C=O) groups is 2. The van der Waals surface area contributed by atoms with Gasteiger partial charge in [-0.2, -0.15) is 0 Å². The number of likely N-dealkylation sites (tertiary alicyclic amines) is 1. The summed E-state index contributed by atoms with van der Waals surface area (Å²) in [6.45, 7) is 0.448. The standard InChI is InChI=1S/C17H21NO4S2/c1-22-14-8-13(9-15(19)20)18(10-14)16(21)11-2-4-12(5-3-11)17-23-6-7-24-17/h2-5,13-14,17H,6-10H2,1H3,(H,19,20). The van der Waals surface area contributed by atoms with E-state index in [4.69, 9.17) is 9.84 Å². The molecule has 0 aromatic heterocycles. The van der Waals surface area contributed by atoms with Gasteiger partial charge in [0.2, 0.25) is 0 Å². The molecule has 2 aliphatic rings. The summed E-state index contributed by atoms with van der Waals surface area (Å²) in [5, 5.41) is 9.08. The van der Waals surface area contributed by atoms with Crippen molar-refractivity contribution in [1.29, 1.82) is 0 Å². The van der Waals surface area contributed by atoms with Crippen LogP contribution in [0.5, 0.6) is 0 Å². The van der Waals surface area contributed by atoms with Gasteiger partial charge in [-0.05, 0) is 24.1 Å². The molecule has 1 N–H and O–H groups in total. The molecule has 2 fully saturated rings. The Morgan fingerprint density at radius 3 is 2.50 bits per heavy atom. The monoisotopic (exact) mass is 367 g/mol. The van der Waals surface area contributed by atoms with Crippen molar-refractivity contribution in [3.63, 3.8) is 0 Å². The molecule has 0 bridgehead atoms. The fourth-order valence-corrected chi connectivity index (χ4v) is 6.05. The van der Waals surface area contributed by atoms with Crippen LogP contribution in [-0.4, -0.2) is 59.2 Å². The average Bonchev–Trinajstić information content (AvgIpc) is 3.23. The van der Waals surface area contributed by atoms with Gasteiger partial charge in [0.1, 0.15) is 0 Å². The fraction of sp³-hybridized carbons (Fsp3) is 0.529. The van der Waals surface area contributed by atoms with Gasteiger partial charge >= 0.3 is 5.97 Å². The topological polar surface area (TPSA) is 66.8 Å². The number of methoxy groups -OCH3 is 1. The van der Waals surface area contributed by atoms with Crippen molar-refractivity contribution in [2.75, 3.05) is 25.2 Å².